The lowest BCUT2D eigenvalue weighted by molar-refractivity contribution is -0.124. The first-order valence-corrected chi connectivity index (χ1v) is 7.19. The molecule has 1 aliphatic rings. The summed E-state index contributed by atoms with van der Waals surface area (Å²) < 4.78 is 0. The molecular formula is C16H23N3O. The Labute approximate surface area is 120 Å². The fourth-order valence-corrected chi connectivity index (χ4v) is 2.64. The maximum Gasteiger partial charge on any atom is 0.258 e. The quantitative estimate of drug-likeness (QED) is 0.657. The van der Waals surface area contributed by atoms with E-state index in [9.17, 15) is 4.79 Å². The molecule has 3 N–H and O–H groups in total. The number of nitrogens with one attached hydrogen (secondary N) is 1. The molecule has 4 heteroatoms. The molecule has 2 rings (SSSR count). The van der Waals surface area contributed by atoms with E-state index in [0.717, 1.165) is 18.4 Å². The average molecular weight is 273 g/mol. The van der Waals surface area contributed by atoms with Gasteiger partial charge in [-0.1, -0.05) is 18.6 Å². The number of hydrazine groups is 1. The van der Waals surface area contributed by atoms with Crippen molar-refractivity contribution in [3.63, 3.8) is 0 Å². The minimum atomic E-state index is -0.0898. The number of benzene rings is 1. The van der Waals surface area contributed by atoms with Gasteiger partial charge < -0.3 is 5.73 Å². The molecule has 1 saturated heterocycles. The highest BCUT2D eigenvalue weighted by molar-refractivity contribution is 5.91. The molecule has 0 radical (unpaired) electrons. The largest absolute Gasteiger partial charge is 0.399 e. The molecular weight excluding hydrogens is 250 g/mol. The molecule has 4 nitrogen and oxygen atoms in total. The van der Waals surface area contributed by atoms with Crippen molar-refractivity contribution in [2.75, 3.05) is 5.73 Å². The van der Waals surface area contributed by atoms with Crippen molar-refractivity contribution in [1.29, 1.82) is 0 Å². The number of nitrogen functional groups attached to an aromatic ring is 1. The number of hydrogen-bond donors (Lipinski definition) is 2. The third-order valence-corrected chi connectivity index (χ3v) is 3.77. The van der Waals surface area contributed by atoms with Crippen LogP contribution in [0.3, 0.4) is 0 Å². The predicted molar refractivity (Wildman–Crippen MR) is 82.6 cm³/mol. The Balaban J connectivity index is 1.95. The maximum absolute atomic E-state index is 12.0. The molecule has 1 heterocycles. The van der Waals surface area contributed by atoms with E-state index in [1.165, 1.54) is 6.42 Å². The van der Waals surface area contributed by atoms with Crippen LogP contribution in [0.25, 0.3) is 6.08 Å². The van der Waals surface area contributed by atoms with E-state index < -0.39 is 0 Å². The first kappa shape index (κ1) is 14.6. The molecule has 0 aliphatic carbocycles. The van der Waals surface area contributed by atoms with E-state index in [-0.39, 0.29) is 5.91 Å². The fraction of sp³-hybridized carbons (Fsp3) is 0.438. The molecule has 0 aromatic heterocycles. The fourth-order valence-electron chi connectivity index (χ4n) is 2.64. The number of amides is 1. The summed E-state index contributed by atoms with van der Waals surface area (Å²) in [5, 5.41) is 2.07. The number of carbonyl (C=O) groups is 1. The van der Waals surface area contributed by atoms with Gasteiger partial charge in [0.25, 0.3) is 5.91 Å². The van der Waals surface area contributed by atoms with Crippen molar-refractivity contribution >= 4 is 17.7 Å². The Hall–Kier alpha value is -1.81. The Bertz CT molecular complexity index is 488. The highest BCUT2D eigenvalue weighted by atomic mass is 16.2. The Kier molecular flexibility index (Phi) is 4.79. The molecule has 1 amide bonds. The lowest BCUT2D eigenvalue weighted by Gasteiger charge is -2.38. The van der Waals surface area contributed by atoms with Gasteiger partial charge in [-0.05, 0) is 50.5 Å². The van der Waals surface area contributed by atoms with Crippen molar-refractivity contribution < 1.29 is 4.79 Å². The molecule has 0 spiro atoms. The van der Waals surface area contributed by atoms with Gasteiger partial charge in [0.2, 0.25) is 0 Å². The monoisotopic (exact) mass is 273 g/mol. The van der Waals surface area contributed by atoms with E-state index in [4.69, 9.17) is 5.73 Å². The summed E-state index contributed by atoms with van der Waals surface area (Å²) in [6.45, 7) is 4.30. The standard InChI is InChI=1S/C16H23N3O/c1-12-5-3-6-13(2)19(12)18-16(20)10-9-14-7-4-8-15(17)11-14/h4,7-13H,3,5-6,17H2,1-2H3,(H,18,20)/b10-9+. The zero-order chi connectivity index (χ0) is 14.5. The summed E-state index contributed by atoms with van der Waals surface area (Å²) in [6, 6.07) is 8.25. The summed E-state index contributed by atoms with van der Waals surface area (Å²) in [7, 11) is 0. The predicted octanol–water partition coefficient (Wildman–Crippen LogP) is 2.58. The SMILES string of the molecule is CC1CCCC(C)N1NC(=O)/C=C/c1cccc(N)c1. The number of hydrogen-bond acceptors (Lipinski definition) is 3. The number of carbonyl (C=O) groups excluding carboxylic acids is 1. The van der Waals surface area contributed by atoms with E-state index >= 15 is 0 Å². The van der Waals surface area contributed by atoms with Gasteiger partial charge >= 0.3 is 0 Å². The van der Waals surface area contributed by atoms with Crippen molar-refractivity contribution in [1.82, 2.24) is 10.4 Å². The molecule has 20 heavy (non-hydrogen) atoms. The van der Waals surface area contributed by atoms with Gasteiger partial charge in [0.1, 0.15) is 0 Å². The van der Waals surface area contributed by atoms with Crippen molar-refractivity contribution in [2.24, 2.45) is 0 Å². The molecule has 0 bridgehead atoms. The molecule has 2 atom stereocenters. The topological polar surface area (TPSA) is 58.4 Å². The average Bonchev–Trinajstić information content (AvgIpc) is 2.41. The number of rotatable bonds is 3. The van der Waals surface area contributed by atoms with Crippen molar-refractivity contribution in [3.05, 3.63) is 35.9 Å². The molecule has 1 fully saturated rings. The molecule has 1 aromatic rings. The van der Waals surface area contributed by atoms with E-state index in [2.05, 4.69) is 24.3 Å². The number of anilines is 1. The maximum atomic E-state index is 12.0. The van der Waals surface area contributed by atoms with Crippen LogP contribution in [-0.4, -0.2) is 23.0 Å². The highest BCUT2D eigenvalue weighted by Gasteiger charge is 2.25. The zero-order valence-corrected chi connectivity index (χ0v) is 12.2. The lowest BCUT2D eigenvalue weighted by Crippen LogP contribution is -2.53. The lowest BCUT2D eigenvalue weighted by atomic mass is 10.00. The van der Waals surface area contributed by atoms with Gasteiger partial charge in [-0.15, -0.1) is 0 Å². The van der Waals surface area contributed by atoms with Crippen LogP contribution < -0.4 is 11.2 Å². The third-order valence-electron chi connectivity index (χ3n) is 3.77. The van der Waals surface area contributed by atoms with Crippen LogP contribution in [0.1, 0.15) is 38.7 Å². The second kappa shape index (κ2) is 6.57. The summed E-state index contributed by atoms with van der Waals surface area (Å²) in [6.07, 6.45) is 6.83. The number of nitrogens with two attached hydrogens (primary N) is 1. The number of piperidine rings is 1. The van der Waals surface area contributed by atoms with Gasteiger partial charge in [0.05, 0.1) is 0 Å². The summed E-state index contributed by atoms with van der Waals surface area (Å²) in [5.41, 5.74) is 10.3. The minimum Gasteiger partial charge on any atom is -0.399 e. The zero-order valence-electron chi connectivity index (χ0n) is 12.2. The molecule has 0 saturated carbocycles. The first-order valence-electron chi connectivity index (χ1n) is 7.19. The van der Waals surface area contributed by atoms with Gasteiger partial charge in [0.15, 0.2) is 0 Å². The summed E-state index contributed by atoms with van der Waals surface area (Å²) >= 11 is 0. The van der Waals surface area contributed by atoms with Crippen LogP contribution in [0.15, 0.2) is 30.3 Å². The molecule has 1 aliphatic heterocycles. The first-order chi connectivity index (χ1) is 9.56. The van der Waals surface area contributed by atoms with Crippen molar-refractivity contribution in [2.45, 2.75) is 45.2 Å². The van der Waals surface area contributed by atoms with Gasteiger partial charge in [-0.2, -0.15) is 0 Å². The minimum absolute atomic E-state index is 0.0898. The molecule has 1 aromatic carbocycles. The van der Waals surface area contributed by atoms with Gasteiger partial charge in [0, 0.05) is 23.8 Å². The second-order valence-electron chi connectivity index (χ2n) is 5.52. The van der Waals surface area contributed by atoms with Crippen LogP contribution in [0, 0.1) is 0 Å². The van der Waals surface area contributed by atoms with Crippen LogP contribution in [0.5, 0.6) is 0 Å². The van der Waals surface area contributed by atoms with Crippen LogP contribution >= 0.6 is 0 Å². The van der Waals surface area contributed by atoms with Crippen LogP contribution in [-0.2, 0) is 4.79 Å². The highest BCUT2D eigenvalue weighted by Crippen LogP contribution is 2.20. The smallest absolute Gasteiger partial charge is 0.258 e. The Morgan fingerprint density at radius 3 is 2.70 bits per heavy atom. The second-order valence-corrected chi connectivity index (χ2v) is 5.52. The van der Waals surface area contributed by atoms with Gasteiger partial charge in [-0.25, -0.2) is 5.01 Å². The Morgan fingerprint density at radius 2 is 2.05 bits per heavy atom. The van der Waals surface area contributed by atoms with E-state index in [1.807, 2.05) is 24.3 Å². The van der Waals surface area contributed by atoms with Crippen LogP contribution in [0.2, 0.25) is 0 Å². The number of nitrogens with zero attached hydrogens (tertiary/aromatic N) is 1. The molecule has 108 valence electrons. The molecule has 2 unspecified atom stereocenters. The van der Waals surface area contributed by atoms with E-state index in [0.29, 0.717) is 17.8 Å². The van der Waals surface area contributed by atoms with Crippen molar-refractivity contribution in [3.8, 4) is 0 Å². The normalized spacial score (nSPS) is 23.9. The third kappa shape index (κ3) is 3.84. The van der Waals surface area contributed by atoms with E-state index in [1.54, 1.807) is 12.2 Å². The summed E-state index contributed by atoms with van der Waals surface area (Å²) in [5.74, 6) is -0.0898. The Morgan fingerprint density at radius 1 is 1.35 bits per heavy atom. The van der Waals surface area contributed by atoms with Gasteiger partial charge in [-0.3, -0.25) is 10.2 Å². The van der Waals surface area contributed by atoms with Crippen LogP contribution in [0.4, 0.5) is 5.69 Å². The summed E-state index contributed by atoms with van der Waals surface area (Å²) in [4.78, 5) is 12.0.